The van der Waals surface area contributed by atoms with Crippen LogP contribution in [-0.4, -0.2) is 62.1 Å². The second kappa shape index (κ2) is 9.60. The van der Waals surface area contributed by atoms with Crippen molar-refractivity contribution < 1.29 is 0 Å². The van der Waals surface area contributed by atoms with Crippen molar-refractivity contribution in [1.29, 1.82) is 0 Å². The lowest BCUT2D eigenvalue weighted by Gasteiger charge is -2.34. The van der Waals surface area contributed by atoms with Gasteiger partial charge in [0.2, 0.25) is 0 Å². The lowest BCUT2D eigenvalue weighted by molar-refractivity contribution is 0.203. The first kappa shape index (κ1) is 20.3. The van der Waals surface area contributed by atoms with Crippen LogP contribution in [0, 0.1) is 11.3 Å². The zero-order chi connectivity index (χ0) is 16.1. The van der Waals surface area contributed by atoms with Crippen molar-refractivity contribution in [2.45, 2.75) is 58.3 Å². The molecule has 24 heavy (non-hydrogen) atoms. The zero-order valence-corrected chi connectivity index (χ0v) is 18.1. The van der Waals surface area contributed by atoms with E-state index >= 15 is 0 Å². The van der Waals surface area contributed by atoms with E-state index in [1.165, 1.54) is 84.1 Å². The minimum Gasteiger partial charge on any atom is -0.356 e. The number of halogens is 1. The van der Waals surface area contributed by atoms with Crippen molar-refractivity contribution in [3.05, 3.63) is 0 Å². The molecule has 1 unspecified atom stereocenters. The summed E-state index contributed by atoms with van der Waals surface area (Å²) in [5, 5.41) is 3.66. The number of likely N-dealkylation sites (tertiary alicyclic amines) is 2. The Morgan fingerprint density at radius 3 is 2.42 bits per heavy atom. The second-order valence-electron chi connectivity index (χ2n) is 8.27. The first-order chi connectivity index (χ1) is 11.2. The molecule has 5 heteroatoms. The fourth-order valence-electron chi connectivity index (χ4n) is 4.89. The Hall–Kier alpha value is -0.0400. The van der Waals surface area contributed by atoms with Crippen molar-refractivity contribution in [2.24, 2.45) is 16.3 Å². The normalized spacial score (nSPS) is 25.8. The second-order valence-corrected chi connectivity index (χ2v) is 8.27. The number of rotatable bonds is 4. The van der Waals surface area contributed by atoms with E-state index in [2.05, 4.69) is 27.0 Å². The van der Waals surface area contributed by atoms with Crippen molar-refractivity contribution >= 4 is 29.9 Å². The molecule has 4 nitrogen and oxygen atoms in total. The fraction of sp³-hybridized carbons (Fsp3) is 0.947. The van der Waals surface area contributed by atoms with Gasteiger partial charge in [-0.05, 0) is 56.5 Å². The average molecular weight is 448 g/mol. The predicted octanol–water partition coefficient (Wildman–Crippen LogP) is 3.57. The molecule has 0 bridgehead atoms. The number of nitrogens with one attached hydrogen (secondary N) is 1. The van der Waals surface area contributed by atoms with Gasteiger partial charge in [-0.2, -0.15) is 0 Å². The van der Waals surface area contributed by atoms with Gasteiger partial charge < -0.3 is 15.1 Å². The van der Waals surface area contributed by atoms with Crippen LogP contribution in [0.3, 0.4) is 0 Å². The summed E-state index contributed by atoms with van der Waals surface area (Å²) in [5.74, 6) is 1.83. The van der Waals surface area contributed by atoms with Crippen LogP contribution in [0.4, 0.5) is 0 Å². The van der Waals surface area contributed by atoms with E-state index < -0.39 is 0 Å². The van der Waals surface area contributed by atoms with Crippen LogP contribution in [0.1, 0.15) is 58.3 Å². The number of guanidine groups is 1. The molecule has 2 saturated heterocycles. The van der Waals surface area contributed by atoms with E-state index in [1.807, 2.05) is 7.05 Å². The van der Waals surface area contributed by atoms with Gasteiger partial charge >= 0.3 is 0 Å². The van der Waals surface area contributed by atoms with E-state index in [1.54, 1.807) is 0 Å². The van der Waals surface area contributed by atoms with Gasteiger partial charge in [0.25, 0.3) is 0 Å². The summed E-state index contributed by atoms with van der Waals surface area (Å²) in [6.07, 6.45) is 11.3. The predicted molar refractivity (Wildman–Crippen MR) is 113 cm³/mol. The molecular weight excluding hydrogens is 411 g/mol. The maximum atomic E-state index is 4.57. The highest BCUT2D eigenvalue weighted by molar-refractivity contribution is 14.0. The summed E-state index contributed by atoms with van der Waals surface area (Å²) in [7, 11) is 1.94. The number of hydrogen-bond donors (Lipinski definition) is 1. The van der Waals surface area contributed by atoms with Crippen molar-refractivity contribution in [2.75, 3.05) is 46.3 Å². The molecule has 2 heterocycles. The van der Waals surface area contributed by atoms with Crippen LogP contribution in [0.5, 0.6) is 0 Å². The molecule has 0 radical (unpaired) electrons. The fourth-order valence-corrected chi connectivity index (χ4v) is 4.89. The summed E-state index contributed by atoms with van der Waals surface area (Å²) in [4.78, 5) is 9.70. The van der Waals surface area contributed by atoms with Crippen LogP contribution < -0.4 is 5.32 Å². The van der Waals surface area contributed by atoms with Crippen molar-refractivity contribution in [3.8, 4) is 0 Å². The van der Waals surface area contributed by atoms with E-state index in [-0.39, 0.29) is 24.0 Å². The standard InChI is InChI=1S/C19H36N4.HI/c1-17(15-22-11-6-7-12-22)14-21-18(20-2)23-13-10-19(16-23)8-4-3-5-9-19;/h17H,3-16H2,1-2H3,(H,20,21);1H. The van der Waals surface area contributed by atoms with Gasteiger partial charge in [0, 0.05) is 33.2 Å². The van der Waals surface area contributed by atoms with Gasteiger partial charge in [-0.1, -0.05) is 26.2 Å². The maximum absolute atomic E-state index is 4.57. The molecular formula is C19H37IN4. The lowest BCUT2D eigenvalue weighted by atomic mass is 9.73. The molecule has 1 aliphatic carbocycles. The van der Waals surface area contributed by atoms with E-state index in [0.29, 0.717) is 11.3 Å². The van der Waals surface area contributed by atoms with Crippen LogP contribution in [0.15, 0.2) is 4.99 Å². The Bertz CT molecular complexity index is 400. The van der Waals surface area contributed by atoms with Gasteiger partial charge in [0.1, 0.15) is 0 Å². The topological polar surface area (TPSA) is 30.9 Å². The van der Waals surface area contributed by atoms with Crippen LogP contribution >= 0.6 is 24.0 Å². The SMILES string of the molecule is CN=C(NCC(C)CN1CCCC1)N1CCC2(CCCCC2)C1.I. The summed E-state index contributed by atoms with van der Waals surface area (Å²) >= 11 is 0. The molecule has 0 aromatic heterocycles. The molecule has 0 amide bonds. The number of nitrogens with zero attached hydrogens (tertiary/aromatic N) is 3. The van der Waals surface area contributed by atoms with Gasteiger partial charge in [0.05, 0.1) is 0 Å². The van der Waals surface area contributed by atoms with Gasteiger partial charge in [-0.15, -0.1) is 24.0 Å². The molecule has 140 valence electrons. The minimum atomic E-state index is 0. The highest BCUT2D eigenvalue weighted by Crippen LogP contribution is 2.43. The molecule has 0 aromatic rings. The highest BCUT2D eigenvalue weighted by Gasteiger charge is 2.39. The molecule has 2 aliphatic heterocycles. The Balaban J connectivity index is 0.00000208. The molecule has 1 saturated carbocycles. The molecule has 1 spiro atoms. The highest BCUT2D eigenvalue weighted by atomic mass is 127. The summed E-state index contributed by atoms with van der Waals surface area (Å²) in [6.45, 7) is 9.67. The van der Waals surface area contributed by atoms with Gasteiger partial charge in [-0.3, -0.25) is 4.99 Å². The Morgan fingerprint density at radius 2 is 1.75 bits per heavy atom. The quantitative estimate of drug-likeness (QED) is 0.405. The summed E-state index contributed by atoms with van der Waals surface area (Å²) in [5.41, 5.74) is 0.608. The number of hydrogen-bond acceptors (Lipinski definition) is 2. The molecule has 0 aromatic carbocycles. The molecule has 3 fully saturated rings. The van der Waals surface area contributed by atoms with Gasteiger partial charge in [0.15, 0.2) is 5.96 Å². The third-order valence-electron chi connectivity index (χ3n) is 6.24. The summed E-state index contributed by atoms with van der Waals surface area (Å²) in [6, 6.07) is 0. The Labute approximate surface area is 165 Å². The third kappa shape index (κ3) is 5.23. The third-order valence-corrected chi connectivity index (χ3v) is 6.24. The number of aliphatic imine (C=N–C) groups is 1. The zero-order valence-electron chi connectivity index (χ0n) is 15.7. The molecule has 3 aliphatic rings. The van der Waals surface area contributed by atoms with E-state index in [4.69, 9.17) is 0 Å². The first-order valence-corrected chi connectivity index (χ1v) is 9.89. The Kier molecular flexibility index (Phi) is 8.11. The molecule has 3 rings (SSSR count). The smallest absolute Gasteiger partial charge is 0.193 e. The first-order valence-electron chi connectivity index (χ1n) is 9.89. The average Bonchev–Trinajstić information content (AvgIpc) is 3.20. The van der Waals surface area contributed by atoms with Crippen molar-refractivity contribution in [1.82, 2.24) is 15.1 Å². The van der Waals surface area contributed by atoms with Crippen LogP contribution in [0.2, 0.25) is 0 Å². The Morgan fingerprint density at radius 1 is 1.04 bits per heavy atom. The molecule has 1 N–H and O–H groups in total. The lowest BCUT2D eigenvalue weighted by Crippen LogP contribution is -2.44. The van der Waals surface area contributed by atoms with Crippen LogP contribution in [0.25, 0.3) is 0 Å². The van der Waals surface area contributed by atoms with E-state index in [0.717, 1.165) is 12.5 Å². The summed E-state index contributed by atoms with van der Waals surface area (Å²) < 4.78 is 0. The van der Waals surface area contributed by atoms with Crippen molar-refractivity contribution in [3.63, 3.8) is 0 Å². The molecule has 1 atom stereocenters. The monoisotopic (exact) mass is 448 g/mol. The largest absolute Gasteiger partial charge is 0.356 e. The minimum absolute atomic E-state index is 0. The maximum Gasteiger partial charge on any atom is 0.193 e. The van der Waals surface area contributed by atoms with Crippen LogP contribution in [-0.2, 0) is 0 Å². The van der Waals surface area contributed by atoms with Gasteiger partial charge in [-0.25, -0.2) is 0 Å². The van der Waals surface area contributed by atoms with E-state index in [9.17, 15) is 0 Å².